The molecule has 0 aliphatic heterocycles. The number of nitrogens with one attached hydrogen (secondary N) is 1. The molecule has 0 saturated heterocycles. The summed E-state index contributed by atoms with van der Waals surface area (Å²) >= 11 is 15.0. The van der Waals surface area contributed by atoms with E-state index in [4.69, 9.17) is 23.2 Å². The summed E-state index contributed by atoms with van der Waals surface area (Å²) in [6, 6.07) is 7.07. The van der Waals surface area contributed by atoms with Gasteiger partial charge in [-0.1, -0.05) is 54.4 Å². The molecule has 3 rings (SSSR count). The number of hydrogen-bond acceptors (Lipinski definition) is 5. The minimum Gasteiger partial charge on any atom is -0.325 e. The van der Waals surface area contributed by atoms with Crippen LogP contribution >= 0.6 is 46.3 Å². The van der Waals surface area contributed by atoms with Crippen molar-refractivity contribution in [3.05, 3.63) is 57.2 Å². The Morgan fingerprint density at radius 2 is 2.03 bits per heavy atom. The van der Waals surface area contributed by atoms with E-state index in [2.05, 4.69) is 40.5 Å². The van der Waals surface area contributed by atoms with Gasteiger partial charge in [0.2, 0.25) is 5.91 Å². The molecule has 5 nitrogen and oxygen atoms in total. The van der Waals surface area contributed by atoms with E-state index in [0.717, 1.165) is 24.2 Å². The molecular weight excluding hydrogens is 447 g/mol. The Hall–Kier alpha value is -1.80. The molecule has 0 spiro atoms. The Labute approximate surface area is 188 Å². The molecule has 0 unspecified atom stereocenters. The molecule has 2 heterocycles. The third-order valence-corrected chi connectivity index (χ3v) is 6.32. The van der Waals surface area contributed by atoms with Crippen LogP contribution in [0, 0.1) is 0 Å². The van der Waals surface area contributed by atoms with Crippen molar-refractivity contribution >= 4 is 57.9 Å². The average Bonchev–Trinajstić information content (AvgIpc) is 3.27. The molecule has 0 radical (unpaired) electrons. The van der Waals surface area contributed by atoms with Crippen molar-refractivity contribution in [2.24, 2.45) is 0 Å². The number of hydrogen-bond donors (Lipinski definition) is 1. The number of thioether (sulfide) groups is 1. The summed E-state index contributed by atoms with van der Waals surface area (Å²) in [5.41, 5.74) is 1.60. The zero-order valence-corrected chi connectivity index (χ0v) is 19.0. The van der Waals surface area contributed by atoms with Crippen molar-refractivity contribution in [1.82, 2.24) is 14.8 Å². The Morgan fingerprint density at radius 1 is 1.28 bits per heavy atom. The van der Waals surface area contributed by atoms with E-state index in [9.17, 15) is 4.79 Å². The zero-order valence-electron chi connectivity index (χ0n) is 15.8. The van der Waals surface area contributed by atoms with Crippen LogP contribution in [0.5, 0.6) is 0 Å². The minimum absolute atomic E-state index is 0.177. The first-order valence-corrected chi connectivity index (χ1v) is 11.6. The van der Waals surface area contributed by atoms with Gasteiger partial charge in [-0.3, -0.25) is 9.36 Å². The SMILES string of the molecule is C=CCn1c(SCC(=O)Nc2cc(Cl)cc(Cl)c2)nnc1-c1csc(CCC)c1. The number of benzene rings is 1. The number of aromatic nitrogens is 3. The van der Waals surface area contributed by atoms with Gasteiger partial charge in [-0.2, -0.15) is 0 Å². The second-order valence-corrected chi connectivity index (χ2v) is 9.06. The number of aryl methyl sites for hydroxylation is 1. The fourth-order valence-electron chi connectivity index (χ4n) is 2.73. The van der Waals surface area contributed by atoms with Crippen molar-refractivity contribution in [3.63, 3.8) is 0 Å². The van der Waals surface area contributed by atoms with Gasteiger partial charge < -0.3 is 5.32 Å². The minimum atomic E-state index is -0.177. The normalized spacial score (nSPS) is 10.9. The second kappa shape index (κ2) is 10.3. The average molecular weight is 467 g/mol. The molecule has 29 heavy (non-hydrogen) atoms. The Morgan fingerprint density at radius 3 is 2.72 bits per heavy atom. The molecule has 0 aliphatic carbocycles. The molecule has 0 saturated carbocycles. The number of carbonyl (C=O) groups is 1. The number of halogens is 2. The monoisotopic (exact) mass is 466 g/mol. The largest absolute Gasteiger partial charge is 0.325 e. The first kappa shape index (κ1) is 21.9. The zero-order chi connectivity index (χ0) is 20.8. The van der Waals surface area contributed by atoms with Crippen LogP contribution in [0.3, 0.4) is 0 Å². The van der Waals surface area contributed by atoms with Crippen LogP contribution in [0.1, 0.15) is 18.2 Å². The summed E-state index contributed by atoms with van der Waals surface area (Å²) in [6.07, 6.45) is 3.95. The van der Waals surface area contributed by atoms with E-state index < -0.39 is 0 Å². The predicted octanol–water partition coefficient (Wildman–Crippen LogP) is 6.18. The maximum atomic E-state index is 12.3. The highest BCUT2D eigenvalue weighted by molar-refractivity contribution is 7.99. The summed E-state index contributed by atoms with van der Waals surface area (Å²) < 4.78 is 1.97. The van der Waals surface area contributed by atoms with E-state index in [0.29, 0.717) is 27.4 Å². The first-order valence-electron chi connectivity index (χ1n) is 9.00. The van der Waals surface area contributed by atoms with Crippen molar-refractivity contribution < 1.29 is 4.79 Å². The van der Waals surface area contributed by atoms with Crippen LogP contribution < -0.4 is 5.32 Å². The highest BCUT2D eigenvalue weighted by Crippen LogP contribution is 2.29. The Bertz CT molecular complexity index is 996. The van der Waals surface area contributed by atoms with Crippen LogP contribution in [0.15, 0.2) is 47.5 Å². The molecular formula is C20H20Cl2N4OS2. The molecule has 2 aromatic heterocycles. The number of carbonyl (C=O) groups excluding carboxylic acids is 1. The van der Waals surface area contributed by atoms with Crippen molar-refractivity contribution in [1.29, 1.82) is 0 Å². The molecule has 0 aliphatic rings. The van der Waals surface area contributed by atoms with E-state index in [-0.39, 0.29) is 11.7 Å². The molecule has 152 valence electrons. The van der Waals surface area contributed by atoms with E-state index in [1.165, 1.54) is 16.6 Å². The van der Waals surface area contributed by atoms with E-state index in [1.54, 1.807) is 35.6 Å². The highest BCUT2D eigenvalue weighted by Gasteiger charge is 2.16. The summed E-state index contributed by atoms with van der Waals surface area (Å²) in [4.78, 5) is 13.7. The summed E-state index contributed by atoms with van der Waals surface area (Å²) in [5, 5.41) is 15.1. The smallest absolute Gasteiger partial charge is 0.234 e. The van der Waals surface area contributed by atoms with Crippen LogP contribution in [-0.4, -0.2) is 26.4 Å². The van der Waals surface area contributed by atoms with Crippen molar-refractivity contribution in [3.8, 4) is 11.4 Å². The fourth-order valence-corrected chi connectivity index (χ4v) is 4.97. The lowest BCUT2D eigenvalue weighted by Crippen LogP contribution is -2.14. The Kier molecular flexibility index (Phi) is 7.77. The lowest BCUT2D eigenvalue weighted by molar-refractivity contribution is -0.113. The van der Waals surface area contributed by atoms with Crippen LogP contribution in [-0.2, 0) is 17.8 Å². The number of nitrogens with zero attached hydrogens (tertiary/aromatic N) is 3. The number of rotatable bonds is 9. The molecule has 1 N–H and O–H groups in total. The molecule has 3 aromatic rings. The van der Waals surface area contributed by atoms with E-state index >= 15 is 0 Å². The van der Waals surface area contributed by atoms with Gasteiger partial charge in [0.05, 0.1) is 5.75 Å². The Balaban J connectivity index is 1.70. The number of thiophene rings is 1. The van der Waals surface area contributed by atoms with Gasteiger partial charge in [0.1, 0.15) is 0 Å². The number of allylic oxidation sites excluding steroid dienone is 1. The van der Waals surface area contributed by atoms with Gasteiger partial charge in [0.15, 0.2) is 11.0 Å². The van der Waals surface area contributed by atoms with Gasteiger partial charge >= 0.3 is 0 Å². The maximum Gasteiger partial charge on any atom is 0.234 e. The lowest BCUT2D eigenvalue weighted by Gasteiger charge is -2.08. The summed E-state index contributed by atoms with van der Waals surface area (Å²) in [5.74, 6) is 0.793. The second-order valence-electron chi connectivity index (χ2n) is 6.25. The third-order valence-electron chi connectivity index (χ3n) is 3.92. The highest BCUT2D eigenvalue weighted by atomic mass is 35.5. The maximum absolute atomic E-state index is 12.3. The van der Waals surface area contributed by atoms with Crippen LogP contribution in [0.25, 0.3) is 11.4 Å². The number of amides is 1. The van der Waals surface area contributed by atoms with Crippen molar-refractivity contribution in [2.45, 2.75) is 31.5 Å². The summed E-state index contributed by atoms with van der Waals surface area (Å²) in [7, 11) is 0. The third kappa shape index (κ3) is 5.85. The van der Waals surface area contributed by atoms with Gasteiger partial charge in [-0.25, -0.2) is 0 Å². The summed E-state index contributed by atoms with van der Waals surface area (Å²) in [6.45, 7) is 6.55. The molecule has 1 aromatic carbocycles. The van der Waals surface area contributed by atoms with Crippen molar-refractivity contribution in [2.75, 3.05) is 11.1 Å². The topological polar surface area (TPSA) is 59.8 Å². The van der Waals surface area contributed by atoms with Gasteiger partial charge in [-0.05, 0) is 30.7 Å². The molecule has 1 amide bonds. The van der Waals surface area contributed by atoms with Gasteiger partial charge in [-0.15, -0.1) is 28.1 Å². The molecule has 9 heteroatoms. The first-order chi connectivity index (χ1) is 14.0. The standard InChI is InChI=1S/C20H20Cl2N4OS2/c1-3-5-17-7-13(11-28-17)19-24-25-20(26(19)6-4-2)29-12-18(27)23-16-9-14(21)8-15(22)10-16/h4,7-11H,2-3,5-6,12H2,1H3,(H,23,27). The number of anilines is 1. The molecule has 0 bridgehead atoms. The van der Waals surface area contributed by atoms with Crippen LogP contribution in [0.4, 0.5) is 5.69 Å². The van der Waals surface area contributed by atoms with E-state index in [1.807, 2.05) is 4.57 Å². The van der Waals surface area contributed by atoms with Gasteiger partial charge in [0, 0.05) is 38.1 Å². The quantitative estimate of drug-likeness (QED) is 0.302. The predicted molar refractivity (Wildman–Crippen MR) is 123 cm³/mol. The molecule has 0 atom stereocenters. The molecule has 0 fully saturated rings. The van der Waals surface area contributed by atoms with Gasteiger partial charge in [0.25, 0.3) is 0 Å². The lowest BCUT2D eigenvalue weighted by atomic mass is 10.2. The fraction of sp³-hybridized carbons (Fsp3) is 0.250. The van der Waals surface area contributed by atoms with Crippen LogP contribution in [0.2, 0.25) is 10.0 Å².